The number of fused-ring (bicyclic) bond motifs is 2. The molecule has 6 rings (SSSR count). The van der Waals surface area contributed by atoms with Crippen molar-refractivity contribution in [1.82, 2.24) is 19.9 Å². The van der Waals surface area contributed by atoms with Gasteiger partial charge in [-0.2, -0.15) is 0 Å². The molecule has 0 N–H and O–H groups in total. The lowest BCUT2D eigenvalue weighted by Crippen LogP contribution is -2.08. The predicted octanol–water partition coefficient (Wildman–Crippen LogP) is 6.77. The Morgan fingerprint density at radius 2 is 1.30 bits per heavy atom. The molecule has 0 atom stereocenters. The van der Waals surface area contributed by atoms with Gasteiger partial charge in [-0.1, -0.05) is 60.7 Å². The number of carbonyl (C=O) groups excluding carboxylic acids is 1. The van der Waals surface area contributed by atoms with Crippen molar-refractivity contribution in [3.05, 3.63) is 121 Å². The SMILES string of the molecule is CCOC(=O)c1cc2cccnc2nc1-c1ccccc1.c1ccc(-c2ccc3cccnc3n2)cc1. The molecular formula is C31H24N4O2. The fourth-order valence-electron chi connectivity index (χ4n) is 3.91. The van der Waals surface area contributed by atoms with E-state index in [0.717, 1.165) is 33.2 Å². The van der Waals surface area contributed by atoms with Crippen LogP contribution in [0.4, 0.5) is 0 Å². The molecule has 0 spiro atoms. The molecule has 0 amide bonds. The van der Waals surface area contributed by atoms with Crippen molar-refractivity contribution in [3.63, 3.8) is 0 Å². The molecule has 6 aromatic rings. The van der Waals surface area contributed by atoms with E-state index >= 15 is 0 Å². The van der Waals surface area contributed by atoms with Gasteiger partial charge in [0.1, 0.15) is 0 Å². The number of nitrogens with zero attached hydrogens (tertiary/aromatic N) is 4. The predicted molar refractivity (Wildman–Crippen MR) is 146 cm³/mol. The third-order valence-electron chi connectivity index (χ3n) is 5.67. The van der Waals surface area contributed by atoms with Gasteiger partial charge in [0.25, 0.3) is 0 Å². The Bertz CT molecular complexity index is 1650. The zero-order valence-corrected chi connectivity index (χ0v) is 20.3. The third kappa shape index (κ3) is 5.49. The Morgan fingerprint density at radius 3 is 1.97 bits per heavy atom. The van der Waals surface area contributed by atoms with E-state index in [0.29, 0.717) is 23.5 Å². The van der Waals surface area contributed by atoms with Gasteiger partial charge < -0.3 is 4.74 Å². The minimum atomic E-state index is -0.366. The first kappa shape index (κ1) is 23.8. The second-order valence-electron chi connectivity index (χ2n) is 8.13. The Labute approximate surface area is 214 Å². The van der Waals surface area contributed by atoms with Gasteiger partial charge in [0.2, 0.25) is 0 Å². The summed E-state index contributed by atoms with van der Waals surface area (Å²) >= 11 is 0. The molecule has 4 aromatic heterocycles. The van der Waals surface area contributed by atoms with Gasteiger partial charge in [0.05, 0.1) is 23.6 Å². The summed E-state index contributed by atoms with van der Waals surface area (Å²) in [5.41, 5.74) is 5.42. The summed E-state index contributed by atoms with van der Waals surface area (Å²) < 4.78 is 5.14. The van der Waals surface area contributed by atoms with E-state index in [-0.39, 0.29) is 5.97 Å². The van der Waals surface area contributed by atoms with Crippen LogP contribution in [0.3, 0.4) is 0 Å². The van der Waals surface area contributed by atoms with E-state index in [4.69, 9.17) is 4.74 Å². The minimum absolute atomic E-state index is 0.331. The van der Waals surface area contributed by atoms with Gasteiger partial charge in [-0.05, 0) is 49.4 Å². The summed E-state index contributed by atoms with van der Waals surface area (Å²) in [7, 11) is 0. The van der Waals surface area contributed by atoms with Gasteiger partial charge in [-0.3, -0.25) is 0 Å². The van der Waals surface area contributed by atoms with E-state index in [1.165, 1.54) is 0 Å². The van der Waals surface area contributed by atoms with E-state index in [9.17, 15) is 4.79 Å². The van der Waals surface area contributed by atoms with Crippen LogP contribution >= 0.6 is 0 Å². The Balaban J connectivity index is 0.000000157. The lowest BCUT2D eigenvalue weighted by Gasteiger charge is -2.09. The van der Waals surface area contributed by atoms with Crippen LogP contribution in [0.2, 0.25) is 0 Å². The number of pyridine rings is 4. The molecule has 37 heavy (non-hydrogen) atoms. The van der Waals surface area contributed by atoms with Crippen molar-refractivity contribution in [2.45, 2.75) is 6.92 Å². The highest BCUT2D eigenvalue weighted by molar-refractivity contribution is 5.99. The summed E-state index contributed by atoms with van der Waals surface area (Å²) in [5.74, 6) is -0.366. The molecule has 0 bridgehead atoms. The van der Waals surface area contributed by atoms with Crippen molar-refractivity contribution < 1.29 is 9.53 Å². The van der Waals surface area contributed by atoms with Crippen LogP contribution in [-0.4, -0.2) is 32.5 Å². The molecule has 6 heteroatoms. The number of esters is 1. The second-order valence-corrected chi connectivity index (χ2v) is 8.13. The quantitative estimate of drug-likeness (QED) is 0.257. The number of benzene rings is 2. The van der Waals surface area contributed by atoms with Crippen molar-refractivity contribution in [1.29, 1.82) is 0 Å². The Kier molecular flexibility index (Phi) is 7.18. The average Bonchev–Trinajstić information content (AvgIpc) is 2.97. The zero-order chi connectivity index (χ0) is 25.5. The smallest absolute Gasteiger partial charge is 0.340 e. The lowest BCUT2D eigenvalue weighted by molar-refractivity contribution is 0.0527. The molecule has 0 fully saturated rings. The highest BCUT2D eigenvalue weighted by Crippen LogP contribution is 2.25. The maximum atomic E-state index is 12.2. The van der Waals surface area contributed by atoms with Crippen molar-refractivity contribution in [2.24, 2.45) is 0 Å². The van der Waals surface area contributed by atoms with Crippen LogP contribution in [0.1, 0.15) is 17.3 Å². The second kappa shape index (κ2) is 11.2. The van der Waals surface area contributed by atoms with Gasteiger partial charge in [0.15, 0.2) is 11.3 Å². The largest absolute Gasteiger partial charge is 0.462 e. The number of rotatable bonds is 4. The molecule has 0 saturated heterocycles. The van der Waals surface area contributed by atoms with Crippen molar-refractivity contribution in [3.8, 4) is 22.5 Å². The van der Waals surface area contributed by atoms with Gasteiger partial charge in [-0.25, -0.2) is 24.7 Å². The first-order valence-electron chi connectivity index (χ1n) is 12.0. The highest BCUT2D eigenvalue weighted by atomic mass is 16.5. The maximum absolute atomic E-state index is 12.2. The summed E-state index contributed by atoms with van der Waals surface area (Å²) in [6.45, 7) is 2.12. The lowest BCUT2D eigenvalue weighted by atomic mass is 10.0. The molecule has 0 saturated carbocycles. The molecule has 0 aliphatic rings. The maximum Gasteiger partial charge on any atom is 0.340 e. The Hall–Kier alpha value is -4.97. The van der Waals surface area contributed by atoms with E-state index in [1.54, 1.807) is 25.4 Å². The Morgan fingerprint density at radius 1 is 0.676 bits per heavy atom. The molecule has 180 valence electrons. The van der Waals surface area contributed by atoms with Crippen molar-refractivity contribution in [2.75, 3.05) is 6.61 Å². The van der Waals surface area contributed by atoms with Crippen molar-refractivity contribution >= 4 is 28.0 Å². The first-order chi connectivity index (χ1) is 18.2. The summed E-state index contributed by atoms with van der Waals surface area (Å²) in [4.78, 5) is 29.8. The topological polar surface area (TPSA) is 77.9 Å². The molecule has 0 aliphatic heterocycles. The first-order valence-corrected chi connectivity index (χ1v) is 12.0. The zero-order valence-electron chi connectivity index (χ0n) is 20.3. The van der Waals surface area contributed by atoms with Crippen LogP contribution in [0, 0.1) is 0 Å². The van der Waals surface area contributed by atoms with Crippen LogP contribution in [0.15, 0.2) is 116 Å². The molecular weight excluding hydrogens is 460 g/mol. The van der Waals surface area contributed by atoms with E-state index in [2.05, 4.69) is 38.1 Å². The standard InChI is InChI=1S/C17H14N2O2.C14H10N2/c1-2-21-17(20)14-11-13-9-6-10-18-16(13)19-15(14)12-7-4-3-5-8-12;1-2-5-11(6-3-1)13-9-8-12-7-4-10-15-14(12)16-13/h3-11H,2H2,1H3;1-10H. The summed E-state index contributed by atoms with van der Waals surface area (Å²) in [6, 6.07) is 33.2. The number of aromatic nitrogens is 4. The molecule has 2 aromatic carbocycles. The number of hydrogen-bond acceptors (Lipinski definition) is 6. The minimum Gasteiger partial charge on any atom is -0.462 e. The molecule has 0 aliphatic carbocycles. The number of ether oxygens (including phenoxy) is 1. The summed E-state index contributed by atoms with van der Waals surface area (Å²) in [6.07, 6.45) is 3.46. The summed E-state index contributed by atoms with van der Waals surface area (Å²) in [5, 5.41) is 1.89. The average molecular weight is 485 g/mol. The van der Waals surface area contributed by atoms with Crippen LogP contribution in [0.25, 0.3) is 44.6 Å². The van der Waals surface area contributed by atoms with Crippen LogP contribution in [-0.2, 0) is 4.74 Å². The molecule has 0 radical (unpaired) electrons. The normalized spacial score (nSPS) is 10.5. The number of carbonyl (C=O) groups is 1. The van der Waals surface area contributed by atoms with Crippen LogP contribution < -0.4 is 0 Å². The molecule has 6 nitrogen and oxygen atoms in total. The molecule has 0 unspecified atom stereocenters. The monoisotopic (exact) mass is 484 g/mol. The van der Waals surface area contributed by atoms with Gasteiger partial charge in [0, 0.05) is 34.3 Å². The van der Waals surface area contributed by atoms with Gasteiger partial charge in [-0.15, -0.1) is 0 Å². The fraction of sp³-hybridized carbons (Fsp3) is 0.0645. The van der Waals surface area contributed by atoms with Crippen LogP contribution in [0.5, 0.6) is 0 Å². The fourth-order valence-corrected chi connectivity index (χ4v) is 3.91. The van der Waals surface area contributed by atoms with E-state index < -0.39 is 0 Å². The number of hydrogen-bond donors (Lipinski definition) is 0. The third-order valence-corrected chi connectivity index (χ3v) is 5.67. The molecule has 4 heterocycles. The van der Waals surface area contributed by atoms with E-state index in [1.807, 2.05) is 78.9 Å². The highest BCUT2D eigenvalue weighted by Gasteiger charge is 2.17. The van der Waals surface area contributed by atoms with Gasteiger partial charge >= 0.3 is 5.97 Å².